The fourth-order valence-corrected chi connectivity index (χ4v) is 3.31. The maximum absolute atomic E-state index is 6.21. The number of benzene rings is 1. The monoisotopic (exact) mass is 351 g/mol. The summed E-state index contributed by atoms with van der Waals surface area (Å²) >= 11 is 12.2. The van der Waals surface area contributed by atoms with E-state index >= 15 is 0 Å². The van der Waals surface area contributed by atoms with Crippen LogP contribution in [-0.4, -0.2) is 48.1 Å². The highest BCUT2D eigenvalue weighted by molar-refractivity contribution is 6.35. The zero-order valence-electron chi connectivity index (χ0n) is 13.2. The zero-order valence-corrected chi connectivity index (χ0v) is 14.7. The van der Waals surface area contributed by atoms with Gasteiger partial charge in [-0.15, -0.1) is 0 Å². The number of nitrogens with two attached hydrogens (primary N) is 1. The van der Waals surface area contributed by atoms with Gasteiger partial charge in [-0.1, -0.05) is 23.2 Å². The molecule has 1 aromatic heterocycles. The maximum atomic E-state index is 6.21. The number of hydrogen-bond donors (Lipinski definition) is 1. The Morgan fingerprint density at radius 1 is 1.00 bits per heavy atom. The molecule has 2 N–H and O–H groups in total. The van der Waals surface area contributed by atoms with Gasteiger partial charge in [-0.2, -0.15) is 4.98 Å². The number of hydrogen-bond acceptors (Lipinski definition) is 5. The second kappa shape index (κ2) is 6.51. The van der Waals surface area contributed by atoms with Crippen LogP contribution in [0.4, 0.5) is 11.8 Å². The molecule has 2 heterocycles. The molecular weight excluding hydrogens is 333 g/mol. The van der Waals surface area contributed by atoms with Gasteiger partial charge in [0.15, 0.2) is 0 Å². The summed E-state index contributed by atoms with van der Waals surface area (Å²) in [6.07, 6.45) is 0. The molecule has 122 valence electrons. The van der Waals surface area contributed by atoms with Gasteiger partial charge in [-0.3, -0.25) is 0 Å². The quantitative estimate of drug-likeness (QED) is 0.900. The highest BCUT2D eigenvalue weighted by Gasteiger charge is 2.19. The minimum absolute atomic E-state index is 0.449. The lowest BCUT2D eigenvalue weighted by Crippen LogP contribution is -2.45. The Morgan fingerprint density at radius 3 is 2.17 bits per heavy atom. The van der Waals surface area contributed by atoms with Gasteiger partial charge in [0, 0.05) is 41.8 Å². The lowest BCUT2D eigenvalue weighted by molar-refractivity contribution is 0.311. The second-order valence-electron chi connectivity index (χ2n) is 5.82. The average Bonchev–Trinajstić information content (AvgIpc) is 2.46. The van der Waals surface area contributed by atoms with Crippen molar-refractivity contribution in [1.82, 2.24) is 14.9 Å². The van der Waals surface area contributed by atoms with E-state index in [0.717, 1.165) is 43.0 Å². The van der Waals surface area contributed by atoms with Crippen LogP contribution in [0.1, 0.15) is 5.69 Å². The van der Waals surface area contributed by atoms with Crippen molar-refractivity contribution in [2.75, 3.05) is 43.9 Å². The van der Waals surface area contributed by atoms with Gasteiger partial charge in [-0.05, 0) is 37.7 Å². The molecule has 5 nitrogen and oxygen atoms in total. The minimum Gasteiger partial charge on any atom is -0.383 e. The predicted octanol–water partition coefficient (Wildman–Crippen LogP) is 3.09. The lowest BCUT2D eigenvalue weighted by Gasteiger charge is -2.32. The van der Waals surface area contributed by atoms with Crippen molar-refractivity contribution in [3.8, 4) is 11.1 Å². The zero-order chi connectivity index (χ0) is 16.6. The number of nitrogens with zero attached hydrogens (tertiary/aromatic N) is 4. The van der Waals surface area contributed by atoms with E-state index in [9.17, 15) is 0 Å². The molecule has 0 bridgehead atoms. The smallest absolute Gasteiger partial charge is 0.227 e. The largest absolute Gasteiger partial charge is 0.383 e. The Balaban J connectivity index is 1.97. The molecule has 0 atom stereocenters. The number of piperazine rings is 1. The molecule has 1 aromatic carbocycles. The maximum Gasteiger partial charge on any atom is 0.227 e. The number of anilines is 2. The van der Waals surface area contributed by atoms with Crippen LogP contribution < -0.4 is 10.6 Å². The molecule has 0 radical (unpaired) electrons. The molecule has 2 aromatic rings. The second-order valence-corrected chi connectivity index (χ2v) is 6.69. The van der Waals surface area contributed by atoms with Crippen molar-refractivity contribution in [2.45, 2.75) is 6.92 Å². The minimum atomic E-state index is 0.449. The van der Waals surface area contributed by atoms with E-state index in [0.29, 0.717) is 21.8 Å². The summed E-state index contributed by atoms with van der Waals surface area (Å²) in [4.78, 5) is 13.6. The van der Waals surface area contributed by atoms with Gasteiger partial charge >= 0.3 is 0 Å². The number of halogens is 2. The standard InChI is InChI=1S/C16H19Cl2N5/c1-10-14(11-7-12(17)9-13(18)8-11)15(19)21-16(20-10)23-5-3-22(2)4-6-23/h7-9H,3-6H2,1-2H3,(H2,19,20,21). The third kappa shape index (κ3) is 3.52. The molecule has 0 spiro atoms. The van der Waals surface area contributed by atoms with E-state index in [1.54, 1.807) is 6.07 Å². The van der Waals surface area contributed by atoms with E-state index in [1.165, 1.54) is 0 Å². The summed E-state index contributed by atoms with van der Waals surface area (Å²) in [6, 6.07) is 5.34. The van der Waals surface area contributed by atoms with Crippen LogP contribution in [0.15, 0.2) is 18.2 Å². The number of aryl methyl sites for hydroxylation is 1. The fraction of sp³-hybridized carbons (Fsp3) is 0.375. The molecule has 0 amide bonds. The van der Waals surface area contributed by atoms with Crippen molar-refractivity contribution in [3.05, 3.63) is 33.9 Å². The number of rotatable bonds is 2. The van der Waals surface area contributed by atoms with Crippen LogP contribution in [0.3, 0.4) is 0 Å². The Labute approximate surface area is 146 Å². The van der Waals surface area contributed by atoms with E-state index in [4.69, 9.17) is 28.9 Å². The van der Waals surface area contributed by atoms with Crippen molar-refractivity contribution < 1.29 is 0 Å². The van der Waals surface area contributed by atoms with Gasteiger partial charge < -0.3 is 15.5 Å². The summed E-state index contributed by atoms with van der Waals surface area (Å²) in [5, 5.41) is 1.13. The Kier molecular flexibility index (Phi) is 4.62. The van der Waals surface area contributed by atoms with Crippen molar-refractivity contribution in [2.24, 2.45) is 0 Å². The summed E-state index contributed by atoms with van der Waals surface area (Å²) in [6.45, 7) is 5.72. The number of aromatic nitrogens is 2. The summed E-state index contributed by atoms with van der Waals surface area (Å²) < 4.78 is 0. The highest BCUT2D eigenvalue weighted by atomic mass is 35.5. The molecule has 1 aliphatic heterocycles. The molecular formula is C16H19Cl2N5. The Hall–Kier alpha value is -1.56. The number of nitrogen functional groups attached to an aromatic ring is 1. The topological polar surface area (TPSA) is 58.3 Å². The predicted molar refractivity (Wildman–Crippen MR) is 96.3 cm³/mol. The van der Waals surface area contributed by atoms with Gasteiger partial charge in [0.1, 0.15) is 5.82 Å². The van der Waals surface area contributed by atoms with Crippen LogP contribution in [0.25, 0.3) is 11.1 Å². The van der Waals surface area contributed by atoms with Gasteiger partial charge in [0.25, 0.3) is 0 Å². The molecule has 0 saturated carbocycles. The van der Waals surface area contributed by atoms with E-state index in [1.807, 2.05) is 19.1 Å². The third-order valence-corrected chi connectivity index (χ3v) is 4.48. The fourth-order valence-electron chi connectivity index (χ4n) is 2.78. The number of likely N-dealkylation sites (N-methyl/N-ethyl adjacent to an activating group) is 1. The van der Waals surface area contributed by atoms with Gasteiger partial charge in [0.05, 0.1) is 5.69 Å². The summed E-state index contributed by atoms with van der Waals surface area (Å²) in [7, 11) is 2.11. The average molecular weight is 352 g/mol. The molecule has 3 rings (SSSR count). The first-order valence-corrected chi connectivity index (χ1v) is 8.23. The summed E-state index contributed by atoms with van der Waals surface area (Å²) in [5.74, 6) is 1.13. The third-order valence-electron chi connectivity index (χ3n) is 4.04. The van der Waals surface area contributed by atoms with Gasteiger partial charge in [0.2, 0.25) is 5.95 Å². The first-order chi connectivity index (χ1) is 10.9. The van der Waals surface area contributed by atoms with Crippen molar-refractivity contribution >= 4 is 35.0 Å². The normalized spacial score (nSPS) is 15.9. The SMILES string of the molecule is Cc1nc(N2CCN(C)CC2)nc(N)c1-c1cc(Cl)cc(Cl)c1. The first kappa shape index (κ1) is 16.3. The highest BCUT2D eigenvalue weighted by Crippen LogP contribution is 2.33. The molecule has 0 unspecified atom stereocenters. The van der Waals surface area contributed by atoms with Crippen LogP contribution >= 0.6 is 23.2 Å². The van der Waals surface area contributed by atoms with Crippen molar-refractivity contribution in [1.29, 1.82) is 0 Å². The molecule has 7 heteroatoms. The summed E-state index contributed by atoms with van der Waals surface area (Å²) in [5.41, 5.74) is 8.66. The molecule has 1 saturated heterocycles. The van der Waals surface area contributed by atoms with E-state index in [-0.39, 0.29) is 0 Å². The van der Waals surface area contributed by atoms with E-state index < -0.39 is 0 Å². The van der Waals surface area contributed by atoms with Crippen LogP contribution in [-0.2, 0) is 0 Å². The van der Waals surface area contributed by atoms with Crippen molar-refractivity contribution in [3.63, 3.8) is 0 Å². The molecule has 23 heavy (non-hydrogen) atoms. The molecule has 1 fully saturated rings. The first-order valence-electron chi connectivity index (χ1n) is 7.48. The Morgan fingerprint density at radius 2 is 1.61 bits per heavy atom. The lowest BCUT2D eigenvalue weighted by atomic mass is 10.1. The van der Waals surface area contributed by atoms with Crippen LogP contribution in [0.2, 0.25) is 10.0 Å². The van der Waals surface area contributed by atoms with E-state index in [2.05, 4.69) is 26.8 Å². The van der Waals surface area contributed by atoms with Crippen LogP contribution in [0.5, 0.6) is 0 Å². The van der Waals surface area contributed by atoms with Crippen LogP contribution in [0, 0.1) is 6.92 Å². The molecule has 1 aliphatic rings. The van der Waals surface area contributed by atoms with Gasteiger partial charge in [-0.25, -0.2) is 4.98 Å². The Bertz CT molecular complexity index is 683. The molecule has 0 aliphatic carbocycles.